The van der Waals surface area contributed by atoms with Gasteiger partial charge in [-0.25, -0.2) is 4.39 Å². The highest BCUT2D eigenvalue weighted by atomic mass is 79.9. The molecule has 1 unspecified atom stereocenters. The lowest BCUT2D eigenvalue weighted by Gasteiger charge is -2.11. The molecule has 0 heterocycles. The third-order valence-electron chi connectivity index (χ3n) is 3.07. The molecule has 0 radical (unpaired) electrons. The van der Waals surface area contributed by atoms with Crippen molar-refractivity contribution in [3.63, 3.8) is 0 Å². The largest absolute Gasteiger partial charge is 0.456 e. The van der Waals surface area contributed by atoms with E-state index in [2.05, 4.69) is 22.9 Å². The topological polar surface area (TPSA) is 35.2 Å². The molecule has 2 N–H and O–H groups in total. The van der Waals surface area contributed by atoms with Crippen molar-refractivity contribution in [3.05, 3.63) is 58.3 Å². The highest BCUT2D eigenvalue weighted by Crippen LogP contribution is 2.30. The number of hydrogen-bond acceptors (Lipinski definition) is 2. The predicted octanol–water partition coefficient (Wildman–Crippen LogP) is 4.66. The van der Waals surface area contributed by atoms with Crippen LogP contribution in [0, 0.1) is 5.82 Å². The molecule has 0 aliphatic heterocycles. The highest BCUT2D eigenvalue weighted by Gasteiger charge is 2.06. The van der Waals surface area contributed by atoms with Crippen molar-refractivity contribution >= 4 is 15.9 Å². The molecule has 0 aromatic heterocycles. The van der Waals surface area contributed by atoms with Crippen molar-refractivity contribution in [2.75, 3.05) is 0 Å². The van der Waals surface area contributed by atoms with Crippen LogP contribution in [0.1, 0.15) is 18.9 Å². The summed E-state index contributed by atoms with van der Waals surface area (Å²) < 4.78 is 19.6. The number of hydrogen-bond donors (Lipinski definition) is 1. The second-order valence-electron chi connectivity index (χ2n) is 4.69. The molecular formula is C16H17BrFNO. The van der Waals surface area contributed by atoms with Crippen molar-refractivity contribution < 1.29 is 9.13 Å². The summed E-state index contributed by atoms with van der Waals surface area (Å²) in [5, 5.41) is 0. The predicted molar refractivity (Wildman–Crippen MR) is 82.6 cm³/mol. The van der Waals surface area contributed by atoms with Gasteiger partial charge in [-0.3, -0.25) is 0 Å². The second kappa shape index (κ2) is 6.86. The van der Waals surface area contributed by atoms with Gasteiger partial charge in [0.1, 0.15) is 17.3 Å². The van der Waals surface area contributed by atoms with Crippen LogP contribution < -0.4 is 10.5 Å². The molecule has 2 nitrogen and oxygen atoms in total. The van der Waals surface area contributed by atoms with Gasteiger partial charge in [0, 0.05) is 12.1 Å². The highest BCUT2D eigenvalue weighted by molar-refractivity contribution is 9.10. The van der Waals surface area contributed by atoms with Crippen LogP contribution in [0.15, 0.2) is 46.9 Å². The van der Waals surface area contributed by atoms with E-state index in [1.54, 1.807) is 6.07 Å². The average Bonchev–Trinajstić information content (AvgIpc) is 2.45. The molecule has 106 valence electrons. The van der Waals surface area contributed by atoms with Gasteiger partial charge in [0.15, 0.2) is 0 Å². The molecule has 2 aromatic carbocycles. The molecule has 0 aliphatic rings. The van der Waals surface area contributed by atoms with Gasteiger partial charge in [0.25, 0.3) is 0 Å². The number of rotatable bonds is 5. The Bertz CT molecular complexity index is 571. The lowest BCUT2D eigenvalue weighted by Crippen LogP contribution is -2.21. The third kappa shape index (κ3) is 4.05. The summed E-state index contributed by atoms with van der Waals surface area (Å²) >= 11 is 3.34. The maximum atomic E-state index is 13.2. The van der Waals surface area contributed by atoms with Gasteiger partial charge in [-0.15, -0.1) is 0 Å². The Labute approximate surface area is 126 Å². The normalized spacial score (nSPS) is 12.2. The van der Waals surface area contributed by atoms with E-state index in [0.717, 1.165) is 17.3 Å². The van der Waals surface area contributed by atoms with E-state index in [0.29, 0.717) is 11.5 Å². The van der Waals surface area contributed by atoms with E-state index in [1.165, 1.54) is 17.7 Å². The minimum atomic E-state index is -0.325. The van der Waals surface area contributed by atoms with E-state index >= 15 is 0 Å². The summed E-state index contributed by atoms with van der Waals surface area (Å²) in [5.74, 6) is 0.807. The second-order valence-corrected chi connectivity index (χ2v) is 5.55. The summed E-state index contributed by atoms with van der Waals surface area (Å²) in [4.78, 5) is 0. The molecule has 0 saturated heterocycles. The van der Waals surface area contributed by atoms with E-state index in [9.17, 15) is 4.39 Å². The molecule has 0 saturated carbocycles. The smallest absolute Gasteiger partial charge is 0.144 e. The van der Waals surface area contributed by atoms with Crippen LogP contribution >= 0.6 is 15.9 Å². The molecule has 0 bridgehead atoms. The Morgan fingerprint density at radius 3 is 2.55 bits per heavy atom. The van der Waals surface area contributed by atoms with Gasteiger partial charge in [-0.1, -0.05) is 19.1 Å². The summed E-state index contributed by atoms with van der Waals surface area (Å²) in [6.07, 6.45) is 1.80. The molecule has 0 spiro atoms. The molecule has 20 heavy (non-hydrogen) atoms. The van der Waals surface area contributed by atoms with Crippen LogP contribution in [-0.4, -0.2) is 6.04 Å². The lowest BCUT2D eigenvalue weighted by atomic mass is 10.0. The lowest BCUT2D eigenvalue weighted by molar-refractivity contribution is 0.473. The minimum absolute atomic E-state index is 0.180. The molecular weight excluding hydrogens is 321 g/mol. The maximum Gasteiger partial charge on any atom is 0.144 e. The van der Waals surface area contributed by atoms with Crippen molar-refractivity contribution in [2.45, 2.75) is 25.8 Å². The summed E-state index contributed by atoms with van der Waals surface area (Å²) in [7, 11) is 0. The summed E-state index contributed by atoms with van der Waals surface area (Å²) in [6.45, 7) is 2.07. The number of nitrogens with two attached hydrogens (primary N) is 1. The first-order chi connectivity index (χ1) is 9.58. The first-order valence-electron chi connectivity index (χ1n) is 6.56. The maximum absolute atomic E-state index is 13.2. The fourth-order valence-corrected chi connectivity index (χ4v) is 2.15. The summed E-state index contributed by atoms with van der Waals surface area (Å²) in [6, 6.07) is 12.2. The van der Waals surface area contributed by atoms with E-state index in [-0.39, 0.29) is 11.9 Å². The monoisotopic (exact) mass is 337 g/mol. The zero-order valence-electron chi connectivity index (χ0n) is 11.3. The Morgan fingerprint density at radius 1 is 1.20 bits per heavy atom. The number of halogens is 2. The molecule has 0 aliphatic carbocycles. The molecule has 2 aromatic rings. The zero-order valence-corrected chi connectivity index (χ0v) is 12.9. The van der Waals surface area contributed by atoms with E-state index in [4.69, 9.17) is 10.5 Å². The van der Waals surface area contributed by atoms with Gasteiger partial charge < -0.3 is 10.5 Å². The number of ether oxygens (including phenoxy) is 1. The Balaban J connectivity index is 2.09. The Kier molecular flexibility index (Phi) is 5.15. The van der Waals surface area contributed by atoms with Crippen LogP contribution in [0.25, 0.3) is 0 Å². The standard InChI is InChI=1S/C16H17BrFNO/c1-2-13(19)9-11-3-6-14(7-4-11)20-16-10-12(18)5-8-15(16)17/h3-8,10,13H,2,9,19H2,1H3. The van der Waals surface area contributed by atoms with E-state index < -0.39 is 0 Å². The Hall–Kier alpha value is -1.39. The minimum Gasteiger partial charge on any atom is -0.456 e. The average molecular weight is 338 g/mol. The van der Waals surface area contributed by atoms with Crippen molar-refractivity contribution in [1.82, 2.24) is 0 Å². The molecule has 2 rings (SSSR count). The van der Waals surface area contributed by atoms with Crippen molar-refractivity contribution in [3.8, 4) is 11.5 Å². The first kappa shape index (κ1) is 15.0. The van der Waals surface area contributed by atoms with Crippen LogP contribution in [0.2, 0.25) is 0 Å². The fourth-order valence-electron chi connectivity index (χ4n) is 1.82. The van der Waals surface area contributed by atoms with Crippen LogP contribution in [0.4, 0.5) is 4.39 Å². The third-order valence-corrected chi connectivity index (χ3v) is 3.72. The van der Waals surface area contributed by atoms with Gasteiger partial charge in [-0.05, 0) is 58.6 Å². The summed E-state index contributed by atoms with van der Waals surface area (Å²) in [5.41, 5.74) is 7.10. The number of benzene rings is 2. The van der Waals surface area contributed by atoms with Crippen LogP contribution in [-0.2, 0) is 6.42 Å². The molecule has 0 amide bonds. The molecule has 4 heteroatoms. The zero-order chi connectivity index (χ0) is 14.5. The van der Waals surface area contributed by atoms with Crippen molar-refractivity contribution in [1.29, 1.82) is 0 Å². The van der Waals surface area contributed by atoms with Gasteiger partial charge in [0.2, 0.25) is 0 Å². The van der Waals surface area contributed by atoms with Crippen LogP contribution in [0.3, 0.4) is 0 Å². The van der Waals surface area contributed by atoms with E-state index in [1.807, 2.05) is 24.3 Å². The quantitative estimate of drug-likeness (QED) is 0.861. The van der Waals surface area contributed by atoms with Gasteiger partial charge >= 0.3 is 0 Å². The molecule has 0 fully saturated rings. The fraction of sp³-hybridized carbons (Fsp3) is 0.250. The SMILES string of the molecule is CCC(N)Cc1ccc(Oc2cc(F)ccc2Br)cc1. The van der Waals surface area contributed by atoms with Gasteiger partial charge in [0.05, 0.1) is 4.47 Å². The molecule has 1 atom stereocenters. The van der Waals surface area contributed by atoms with Crippen molar-refractivity contribution in [2.24, 2.45) is 5.73 Å². The Morgan fingerprint density at radius 2 is 1.90 bits per heavy atom. The van der Waals surface area contributed by atoms with Gasteiger partial charge in [-0.2, -0.15) is 0 Å². The first-order valence-corrected chi connectivity index (χ1v) is 7.35. The van der Waals surface area contributed by atoms with Crippen LogP contribution in [0.5, 0.6) is 11.5 Å².